The highest BCUT2D eigenvalue weighted by Crippen LogP contribution is 2.24. The third-order valence-corrected chi connectivity index (χ3v) is 4.86. The maximum Gasteiger partial charge on any atom is 0.251 e. The summed E-state index contributed by atoms with van der Waals surface area (Å²) in [4.78, 5) is 26.4. The van der Waals surface area contributed by atoms with Crippen molar-refractivity contribution in [2.45, 2.75) is 25.9 Å². The molecule has 1 heterocycles. The Hall–Kier alpha value is -2.98. The van der Waals surface area contributed by atoms with E-state index in [9.17, 15) is 9.59 Å². The highest BCUT2D eigenvalue weighted by Gasteiger charge is 2.39. The number of hydrogen-bond acceptors (Lipinski definition) is 3. The number of nitrogens with zero attached hydrogens (tertiary/aromatic N) is 1. The van der Waals surface area contributed by atoms with Gasteiger partial charge in [0.15, 0.2) is 0 Å². The van der Waals surface area contributed by atoms with Gasteiger partial charge >= 0.3 is 0 Å². The molecule has 1 atom stereocenters. The molecule has 0 bridgehead atoms. The van der Waals surface area contributed by atoms with Crippen molar-refractivity contribution in [1.82, 2.24) is 5.32 Å². The summed E-state index contributed by atoms with van der Waals surface area (Å²) >= 11 is 0. The first-order valence-electron chi connectivity index (χ1n) is 8.77. The third-order valence-electron chi connectivity index (χ3n) is 4.86. The maximum atomic E-state index is 12.7. The molecular weight excluding hydrogens is 324 g/mol. The summed E-state index contributed by atoms with van der Waals surface area (Å²) in [5, 5.41) is 5.60. The first-order chi connectivity index (χ1) is 12.6. The van der Waals surface area contributed by atoms with Crippen LogP contribution >= 0.6 is 0 Å². The molecule has 1 unspecified atom stereocenters. The van der Waals surface area contributed by atoms with Gasteiger partial charge in [-0.2, -0.15) is 0 Å². The van der Waals surface area contributed by atoms with Crippen molar-refractivity contribution in [3.8, 4) is 0 Å². The lowest BCUT2D eigenvalue weighted by molar-refractivity contribution is -0.121. The molecule has 4 heteroatoms. The Labute approximate surface area is 152 Å². The van der Waals surface area contributed by atoms with Crippen molar-refractivity contribution in [3.63, 3.8) is 0 Å². The first-order valence-corrected chi connectivity index (χ1v) is 8.77. The molecule has 2 amide bonds. The Bertz CT molecular complexity index is 974. The molecule has 0 radical (unpaired) electrons. The fourth-order valence-electron chi connectivity index (χ4n) is 3.44. The Morgan fingerprint density at radius 3 is 2.50 bits per heavy atom. The molecule has 0 spiro atoms. The van der Waals surface area contributed by atoms with Crippen LogP contribution in [0.2, 0.25) is 0 Å². The van der Waals surface area contributed by atoms with E-state index in [-0.39, 0.29) is 18.2 Å². The van der Waals surface area contributed by atoms with Crippen LogP contribution in [0, 0.1) is 6.92 Å². The molecule has 1 aliphatic rings. The number of carbonyl (C=O) groups is 2. The van der Waals surface area contributed by atoms with Crippen molar-refractivity contribution in [3.05, 3.63) is 77.9 Å². The summed E-state index contributed by atoms with van der Waals surface area (Å²) in [6, 6.07) is 21.3. The van der Waals surface area contributed by atoms with Crippen LogP contribution in [-0.2, 0) is 16.1 Å². The van der Waals surface area contributed by atoms with E-state index in [2.05, 4.69) is 23.5 Å². The van der Waals surface area contributed by atoms with Crippen molar-refractivity contribution in [2.75, 3.05) is 4.90 Å². The molecule has 0 aliphatic carbocycles. The zero-order valence-corrected chi connectivity index (χ0v) is 14.6. The molecule has 1 fully saturated rings. The maximum absolute atomic E-state index is 12.7. The predicted molar refractivity (Wildman–Crippen MR) is 103 cm³/mol. The number of benzene rings is 3. The smallest absolute Gasteiger partial charge is 0.251 e. The van der Waals surface area contributed by atoms with Gasteiger partial charge in [-0.25, -0.2) is 4.90 Å². The van der Waals surface area contributed by atoms with Crippen molar-refractivity contribution < 1.29 is 9.59 Å². The fourth-order valence-corrected chi connectivity index (χ4v) is 3.44. The second kappa shape index (κ2) is 6.73. The number of carbonyl (C=O) groups excluding carboxylic acids is 2. The van der Waals surface area contributed by atoms with Gasteiger partial charge in [-0.1, -0.05) is 60.2 Å². The Morgan fingerprint density at radius 1 is 0.962 bits per heavy atom. The van der Waals surface area contributed by atoms with E-state index in [1.54, 1.807) is 0 Å². The van der Waals surface area contributed by atoms with Crippen LogP contribution < -0.4 is 10.2 Å². The molecule has 26 heavy (non-hydrogen) atoms. The van der Waals surface area contributed by atoms with E-state index in [1.165, 1.54) is 10.3 Å². The van der Waals surface area contributed by atoms with Crippen LogP contribution in [0.25, 0.3) is 10.8 Å². The lowest BCUT2D eigenvalue weighted by Gasteiger charge is -2.16. The van der Waals surface area contributed by atoms with Gasteiger partial charge < -0.3 is 5.32 Å². The summed E-state index contributed by atoms with van der Waals surface area (Å²) in [6.45, 7) is 2.53. The average molecular weight is 344 g/mol. The van der Waals surface area contributed by atoms with Crippen molar-refractivity contribution in [2.24, 2.45) is 0 Å². The minimum Gasteiger partial charge on any atom is -0.301 e. The molecule has 4 rings (SSSR count). The van der Waals surface area contributed by atoms with Gasteiger partial charge in [0.2, 0.25) is 5.91 Å². The minimum absolute atomic E-state index is 0.158. The Morgan fingerprint density at radius 2 is 1.69 bits per heavy atom. The monoisotopic (exact) mass is 344 g/mol. The highest BCUT2D eigenvalue weighted by molar-refractivity contribution is 6.22. The summed E-state index contributed by atoms with van der Waals surface area (Å²) in [6.07, 6.45) is 0.192. The van der Waals surface area contributed by atoms with Crippen LogP contribution in [-0.4, -0.2) is 17.9 Å². The van der Waals surface area contributed by atoms with Gasteiger partial charge in [0.25, 0.3) is 5.91 Å². The first kappa shape index (κ1) is 16.5. The van der Waals surface area contributed by atoms with Gasteiger partial charge in [-0.15, -0.1) is 0 Å². The third kappa shape index (κ3) is 3.00. The van der Waals surface area contributed by atoms with E-state index in [0.29, 0.717) is 12.2 Å². The van der Waals surface area contributed by atoms with Gasteiger partial charge in [0.1, 0.15) is 0 Å². The molecule has 1 N–H and O–H groups in total. The predicted octanol–water partition coefficient (Wildman–Crippen LogP) is 3.57. The molecule has 0 saturated carbocycles. The minimum atomic E-state index is -0.484. The number of anilines is 1. The number of imide groups is 1. The van der Waals surface area contributed by atoms with Crippen LogP contribution in [0.3, 0.4) is 0 Å². The highest BCUT2D eigenvalue weighted by atomic mass is 16.2. The molecule has 1 aliphatic heterocycles. The van der Waals surface area contributed by atoms with Crippen LogP contribution in [0.1, 0.15) is 17.5 Å². The van der Waals surface area contributed by atoms with E-state index in [0.717, 1.165) is 16.5 Å². The van der Waals surface area contributed by atoms with Crippen molar-refractivity contribution >= 4 is 28.3 Å². The van der Waals surface area contributed by atoms with Gasteiger partial charge in [-0.3, -0.25) is 9.59 Å². The fraction of sp³-hybridized carbons (Fsp3) is 0.182. The van der Waals surface area contributed by atoms with E-state index < -0.39 is 6.04 Å². The zero-order valence-electron chi connectivity index (χ0n) is 14.6. The normalized spacial score (nSPS) is 17.3. The zero-order chi connectivity index (χ0) is 18.1. The Balaban J connectivity index is 1.51. The van der Waals surface area contributed by atoms with Crippen LogP contribution in [0.15, 0.2) is 66.7 Å². The van der Waals surface area contributed by atoms with Crippen LogP contribution in [0.4, 0.5) is 5.69 Å². The van der Waals surface area contributed by atoms with E-state index >= 15 is 0 Å². The number of fused-ring (bicyclic) bond motifs is 1. The lowest BCUT2D eigenvalue weighted by Crippen LogP contribution is -2.38. The summed E-state index contributed by atoms with van der Waals surface area (Å²) in [5.74, 6) is -0.339. The number of rotatable bonds is 4. The number of amides is 2. The molecule has 1 saturated heterocycles. The lowest BCUT2D eigenvalue weighted by atomic mass is 10.0. The number of aryl methyl sites for hydroxylation is 1. The summed E-state index contributed by atoms with van der Waals surface area (Å²) in [7, 11) is 0. The number of nitrogens with one attached hydrogen (secondary N) is 1. The SMILES string of the molecule is Cc1ccc(N2C(=O)CC(NCc3cccc4ccccc34)C2=O)cc1. The summed E-state index contributed by atoms with van der Waals surface area (Å²) < 4.78 is 0. The largest absolute Gasteiger partial charge is 0.301 e. The van der Waals surface area contributed by atoms with Gasteiger partial charge in [0.05, 0.1) is 18.2 Å². The second-order valence-electron chi connectivity index (χ2n) is 6.68. The average Bonchev–Trinajstić information content (AvgIpc) is 2.94. The molecular formula is C22H20N2O2. The second-order valence-corrected chi connectivity index (χ2v) is 6.68. The van der Waals surface area contributed by atoms with Gasteiger partial charge in [-0.05, 0) is 35.4 Å². The molecule has 130 valence electrons. The molecule has 3 aromatic carbocycles. The van der Waals surface area contributed by atoms with Crippen LogP contribution in [0.5, 0.6) is 0 Å². The standard InChI is InChI=1S/C22H20N2O2/c1-15-9-11-18(12-10-15)24-21(25)13-20(22(24)26)23-14-17-7-4-6-16-5-2-3-8-19(16)17/h2-12,20,23H,13-14H2,1H3. The molecule has 3 aromatic rings. The van der Waals surface area contributed by atoms with E-state index in [1.807, 2.05) is 55.5 Å². The Kier molecular flexibility index (Phi) is 4.27. The van der Waals surface area contributed by atoms with Gasteiger partial charge in [0, 0.05) is 6.54 Å². The van der Waals surface area contributed by atoms with Crippen molar-refractivity contribution in [1.29, 1.82) is 0 Å². The molecule has 4 nitrogen and oxygen atoms in total. The quantitative estimate of drug-likeness (QED) is 0.736. The number of hydrogen-bond donors (Lipinski definition) is 1. The molecule has 0 aromatic heterocycles. The van der Waals surface area contributed by atoms with E-state index in [4.69, 9.17) is 0 Å². The summed E-state index contributed by atoms with van der Waals surface area (Å²) in [5.41, 5.74) is 2.86. The topological polar surface area (TPSA) is 49.4 Å².